The van der Waals surface area contributed by atoms with Crippen LogP contribution in [0.1, 0.15) is 23.9 Å². The molecule has 3 aromatic heterocycles. The molecule has 0 radical (unpaired) electrons. The Morgan fingerprint density at radius 3 is 2.81 bits per heavy atom. The number of aromatic amines is 1. The van der Waals surface area contributed by atoms with Crippen LogP contribution in [0.4, 0.5) is 5.69 Å². The lowest BCUT2D eigenvalue weighted by Gasteiger charge is -2.11. The summed E-state index contributed by atoms with van der Waals surface area (Å²) in [6.45, 7) is 8.40. The smallest absolute Gasteiger partial charge is 0.200 e. The van der Waals surface area contributed by atoms with E-state index in [0.29, 0.717) is 40.0 Å². The summed E-state index contributed by atoms with van der Waals surface area (Å²) < 4.78 is 1.85. The molecule has 0 amide bonds. The molecule has 0 aromatic carbocycles. The molecule has 5 N–H and O–H groups in total. The largest absolute Gasteiger partial charge is 0.397 e. The fourth-order valence-corrected chi connectivity index (χ4v) is 2.70. The molecular formula is C17H21N9. The third kappa shape index (κ3) is 2.94. The van der Waals surface area contributed by atoms with Crippen LogP contribution in [0.15, 0.2) is 18.7 Å². The molecule has 0 fully saturated rings. The van der Waals surface area contributed by atoms with Gasteiger partial charge in [-0.25, -0.2) is 9.97 Å². The predicted octanol–water partition coefficient (Wildman–Crippen LogP) is 2.03. The van der Waals surface area contributed by atoms with Crippen molar-refractivity contribution in [3.63, 3.8) is 0 Å². The van der Waals surface area contributed by atoms with Gasteiger partial charge >= 0.3 is 0 Å². The van der Waals surface area contributed by atoms with E-state index in [1.165, 1.54) is 6.21 Å². The highest BCUT2D eigenvalue weighted by Crippen LogP contribution is 2.27. The first-order valence-electron chi connectivity index (χ1n) is 8.14. The fourth-order valence-electron chi connectivity index (χ4n) is 2.70. The highest BCUT2D eigenvalue weighted by atomic mass is 15.3. The van der Waals surface area contributed by atoms with Crippen molar-refractivity contribution >= 4 is 17.6 Å². The third-order valence-corrected chi connectivity index (χ3v) is 3.94. The van der Waals surface area contributed by atoms with Gasteiger partial charge in [0.05, 0.1) is 17.1 Å². The Morgan fingerprint density at radius 1 is 1.42 bits per heavy atom. The van der Waals surface area contributed by atoms with Crippen LogP contribution < -0.4 is 11.1 Å². The van der Waals surface area contributed by atoms with Crippen molar-refractivity contribution in [1.29, 1.82) is 5.41 Å². The van der Waals surface area contributed by atoms with Crippen LogP contribution in [0, 0.1) is 12.3 Å². The van der Waals surface area contributed by atoms with Crippen molar-refractivity contribution in [2.45, 2.75) is 20.4 Å². The van der Waals surface area contributed by atoms with Gasteiger partial charge < -0.3 is 16.5 Å². The minimum Gasteiger partial charge on any atom is -0.397 e. The van der Waals surface area contributed by atoms with Crippen molar-refractivity contribution in [3.05, 3.63) is 35.7 Å². The number of hydrogen-bond donors (Lipinski definition) is 4. The molecule has 0 unspecified atom stereocenters. The Balaban J connectivity index is 2.15. The minimum atomic E-state index is 0.328. The first-order chi connectivity index (χ1) is 12.5. The molecule has 0 spiro atoms. The zero-order valence-corrected chi connectivity index (χ0v) is 15.0. The van der Waals surface area contributed by atoms with Gasteiger partial charge in [0.25, 0.3) is 0 Å². The van der Waals surface area contributed by atoms with E-state index in [2.05, 4.69) is 37.2 Å². The van der Waals surface area contributed by atoms with E-state index in [9.17, 15) is 0 Å². The maximum absolute atomic E-state index is 7.76. The van der Waals surface area contributed by atoms with E-state index in [1.807, 2.05) is 24.6 Å². The number of H-pyrrole nitrogens is 1. The number of aryl methyl sites for hydroxylation is 2. The SMILES string of the molecule is C=C(N)c1cc(NC)c(C=N)c(-c2n[nH]c(-c3cc(C)nn3CC)n2)n1. The summed E-state index contributed by atoms with van der Waals surface area (Å²) in [6, 6.07) is 3.69. The van der Waals surface area contributed by atoms with E-state index in [0.717, 1.165) is 17.9 Å². The maximum atomic E-state index is 7.76. The topological polar surface area (TPSA) is 134 Å². The van der Waals surface area contributed by atoms with Gasteiger partial charge in [-0.2, -0.15) is 10.2 Å². The second-order valence-electron chi connectivity index (χ2n) is 5.73. The van der Waals surface area contributed by atoms with E-state index >= 15 is 0 Å². The molecule has 0 bridgehead atoms. The number of nitrogens with two attached hydrogens (primary N) is 1. The molecule has 3 heterocycles. The number of nitrogens with one attached hydrogen (secondary N) is 3. The molecule has 0 aliphatic rings. The van der Waals surface area contributed by atoms with Crippen LogP contribution >= 0.6 is 0 Å². The van der Waals surface area contributed by atoms with Crippen LogP contribution in [0.25, 0.3) is 28.7 Å². The quantitative estimate of drug-likeness (QED) is 0.502. The van der Waals surface area contributed by atoms with Crippen LogP contribution in [0.2, 0.25) is 0 Å². The van der Waals surface area contributed by atoms with Gasteiger partial charge in [-0.05, 0) is 26.0 Å². The van der Waals surface area contributed by atoms with Gasteiger partial charge in [-0.3, -0.25) is 9.78 Å². The second kappa shape index (κ2) is 6.79. The summed E-state index contributed by atoms with van der Waals surface area (Å²) in [5.74, 6) is 0.961. The van der Waals surface area contributed by atoms with E-state index in [-0.39, 0.29) is 0 Å². The van der Waals surface area contributed by atoms with Crippen molar-refractivity contribution in [2.75, 3.05) is 12.4 Å². The van der Waals surface area contributed by atoms with Gasteiger partial charge in [0.2, 0.25) is 5.82 Å². The van der Waals surface area contributed by atoms with E-state index in [1.54, 1.807) is 13.1 Å². The molecular weight excluding hydrogens is 330 g/mol. The molecule has 9 nitrogen and oxygen atoms in total. The molecule has 3 rings (SSSR count). The molecule has 0 aliphatic carbocycles. The predicted molar refractivity (Wildman–Crippen MR) is 102 cm³/mol. The Kier molecular flexibility index (Phi) is 4.53. The first kappa shape index (κ1) is 17.3. The lowest BCUT2D eigenvalue weighted by Crippen LogP contribution is -2.06. The molecule has 0 saturated heterocycles. The molecule has 0 aliphatic heterocycles. The summed E-state index contributed by atoms with van der Waals surface area (Å²) in [5, 5.41) is 22.5. The Morgan fingerprint density at radius 2 is 2.19 bits per heavy atom. The van der Waals surface area contributed by atoms with Gasteiger partial charge in [-0.1, -0.05) is 6.58 Å². The zero-order valence-electron chi connectivity index (χ0n) is 15.0. The zero-order chi connectivity index (χ0) is 18.8. The molecule has 0 atom stereocenters. The average molecular weight is 351 g/mol. The first-order valence-corrected chi connectivity index (χ1v) is 8.14. The van der Waals surface area contributed by atoms with Crippen molar-refractivity contribution in [3.8, 4) is 23.0 Å². The van der Waals surface area contributed by atoms with E-state index in [4.69, 9.17) is 11.1 Å². The van der Waals surface area contributed by atoms with Crippen LogP contribution in [-0.4, -0.2) is 43.2 Å². The molecule has 26 heavy (non-hydrogen) atoms. The van der Waals surface area contributed by atoms with Gasteiger partial charge in [-0.15, -0.1) is 0 Å². The van der Waals surface area contributed by atoms with Crippen LogP contribution in [0.3, 0.4) is 0 Å². The number of pyridine rings is 1. The lowest BCUT2D eigenvalue weighted by atomic mass is 10.1. The molecule has 3 aromatic rings. The summed E-state index contributed by atoms with van der Waals surface area (Å²) >= 11 is 0. The molecule has 9 heteroatoms. The number of anilines is 1. The number of nitrogens with zero attached hydrogens (tertiary/aromatic N) is 5. The Bertz CT molecular complexity index is 980. The van der Waals surface area contributed by atoms with Gasteiger partial charge in [0, 0.05) is 31.1 Å². The monoisotopic (exact) mass is 351 g/mol. The maximum Gasteiger partial charge on any atom is 0.200 e. The van der Waals surface area contributed by atoms with Crippen molar-refractivity contribution in [2.24, 2.45) is 5.73 Å². The van der Waals surface area contributed by atoms with Gasteiger partial charge in [0.15, 0.2) is 5.82 Å². The summed E-state index contributed by atoms with van der Waals surface area (Å²) in [6.07, 6.45) is 1.22. The lowest BCUT2D eigenvalue weighted by molar-refractivity contribution is 0.657. The Labute approximate surface area is 150 Å². The van der Waals surface area contributed by atoms with Crippen LogP contribution in [0.5, 0.6) is 0 Å². The Hall–Kier alpha value is -3.49. The summed E-state index contributed by atoms with van der Waals surface area (Å²) in [7, 11) is 1.77. The van der Waals surface area contributed by atoms with Crippen molar-refractivity contribution in [1.82, 2.24) is 29.9 Å². The summed E-state index contributed by atoms with van der Waals surface area (Å²) in [5.41, 5.74) is 10.1. The normalized spacial score (nSPS) is 10.7. The fraction of sp³-hybridized carbons (Fsp3) is 0.235. The number of hydrogen-bond acceptors (Lipinski definition) is 7. The van der Waals surface area contributed by atoms with Gasteiger partial charge in [0.1, 0.15) is 11.4 Å². The molecule has 0 saturated carbocycles. The van der Waals surface area contributed by atoms with Crippen molar-refractivity contribution < 1.29 is 0 Å². The highest BCUT2D eigenvalue weighted by Gasteiger charge is 2.19. The number of aromatic nitrogens is 6. The van der Waals surface area contributed by atoms with E-state index < -0.39 is 0 Å². The molecule has 134 valence electrons. The highest BCUT2D eigenvalue weighted by molar-refractivity contribution is 5.94. The second-order valence-corrected chi connectivity index (χ2v) is 5.73. The standard InChI is InChI=1S/C17H21N9/c1-5-26-14(6-9(2)25-26)16-22-17(24-23-16)15-11(8-18)13(20-4)7-12(21-15)10(3)19/h6-8,18H,3,5,19H2,1-2,4H3,(H,20,21)(H,22,23,24). The third-order valence-electron chi connectivity index (χ3n) is 3.94. The number of rotatable bonds is 6. The minimum absolute atomic E-state index is 0.328. The summed E-state index contributed by atoms with van der Waals surface area (Å²) in [4.78, 5) is 9.06. The van der Waals surface area contributed by atoms with Crippen LogP contribution in [-0.2, 0) is 6.54 Å². The average Bonchev–Trinajstić information content (AvgIpc) is 3.26.